The van der Waals surface area contributed by atoms with Crippen molar-refractivity contribution in [2.75, 3.05) is 6.54 Å². The van der Waals surface area contributed by atoms with Crippen LogP contribution in [-0.2, 0) is 13.0 Å². The highest BCUT2D eigenvalue weighted by atomic mass is 15.0. The molecule has 0 N–H and O–H groups in total. The predicted molar refractivity (Wildman–Crippen MR) is 62.9 cm³/mol. The Morgan fingerprint density at radius 2 is 2.06 bits per heavy atom. The Morgan fingerprint density at radius 1 is 1.25 bits per heavy atom. The Morgan fingerprint density at radius 3 is 2.81 bits per heavy atom. The summed E-state index contributed by atoms with van der Waals surface area (Å²) < 4.78 is 2.05. The van der Waals surface area contributed by atoms with Gasteiger partial charge in [-0.3, -0.25) is 0 Å². The van der Waals surface area contributed by atoms with Gasteiger partial charge in [0.15, 0.2) is 0 Å². The van der Waals surface area contributed by atoms with Crippen LogP contribution < -0.4 is 0 Å². The minimum atomic E-state index is 0.516. The molecule has 3 nitrogen and oxygen atoms in total. The molecule has 2 aromatic rings. The Hall–Kier alpha value is -2.08. The van der Waals surface area contributed by atoms with E-state index in [2.05, 4.69) is 26.5 Å². The van der Waals surface area contributed by atoms with Gasteiger partial charge in [-0.2, -0.15) is 0 Å². The molecule has 0 saturated carbocycles. The second-order valence-electron chi connectivity index (χ2n) is 3.65. The first-order chi connectivity index (χ1) is 7.88. The van der Waals surface area contributed by atoms with Gasteiger partial charge in [-0.15, -0.1) is 0 Å². The van der Waals surface area contributed by atoms with Gasteiger partial charge < -0.3 is 9.41 Å². The van der Waals surface area contributed by atoms with E-state index in [9.17, 15) is 0 Å². The normalized spacial score (nSPS) is 9.94. The van der Waals surface area contributed by atoms with E-state index in [1.807, 2.05) is 30.7 Å². The monoisotopic (exact) mass is 211 g/mol. The lowest BCUT2D eigenvalue weighted by atomic mass is 10.2. The maximum atomic E-state index is 6.73. The summed E-state index contributed by atoms with van der Waals surface area (Å²) in [6.07, 6.45) is 4.58. The fourth-order valence-corrected chi connectivity index (χ4v) is 1.59. The molecule has 0 aliphatic carbocycles. The van der Waals surface area contributed by atoms with Crippen molar-refractivity contribution < 1.29 is 0 Å². The van der Waals surface area contributed by atoms with Crippen molar-refractivity contribution in [3.05, 3.63) is 65.5 Å². The topological polar surface area (TPSA) is 22.2 Å². The van der Waals surface area contributed by atoms with Crippen LogP contribution in [0.3, 0.4) is 0 Å². The first-order valence-electron chi connectivity index (χ1n) is 5.26. The average Bonchev–Trinajstić information content (AvgIpc) is 2.75. The molecule has 0 radical (unpaired) electrons. The summed E-state index contributed by atoms with van der Waals surface area (Å²) >= 11 is 0. The zero-order chi connectivity index (χ0) is 11.2. The van der Waals surface area contributed by atoms with Gasteiger partial charge in [-0.05, 0) is 5.56 Å². The number of rotatable bonds is 4. The Kier molecular flexibility index (Phi) is 3.35. The highest BCUT2D eigenvalue weighted by Gasteiger charge is 2.00. The minimum Gasteiger partial charge on any atom is -0.333 e. The molecule has 0 amide bonds. The van der Waals surface area contributed by atoms with Crippen LogP contribution >= 0.6 is 0 Å². The van der Waals surface area contributed by atoms with Crippen molar-refractivity contribution in [1.82, 2.24) is 9.55 Å². The summed E-state index contributed by atoms with van der Waals surface area (Å²) in [5, 5.41) is 0. The van der Waals surface area contributed by atoms with Gasteiger partial charge in [0.1, 0.15) is 0 Å². The number of aromatic nitrogens is 2. The third kappa shape index (κ3) is 2.71. The zero-order valence-electron chi connectivity index (χ0n) is 9.00. The molecule has 1 heterocycles. The molecule has 16 heavy (non-hydrogen) atoms. The van der Waals surface area contributed by atoms with Crippen molar-refractivity contribution in [2.24, 2.45) is 0 Å². The van der Waals surface area contributed by atoms with E-state index in [1.165, 1.54) is 5.56 Å². The van der Waals surface area contributed by atoms with Crippen LogP contribution in [0.1, 0.15) is 11.3 Å². The highest BCUT2D eigenvalue weighted by molar-refractivity contribution is 5.15. The van der Waals surface area contributed by atoms with Gasteiger partial charge in [0.25, 0.3) is 0 Å². The average molecular weight is 211 g/mol. The summed E-state index contributed by atoms with van der Waals surface area (Å²) in [5.74, 6) is 0. The fraction of sp³-hybridized carbons (Fsp3) is 0.231. The molecular weight excluding hydrogens is 198 g/mol. The van der Waals surface area contributed by atoms with Crippen LogP contribution in [0.25, 0.3) is 4.85 Å². The van der Waals surface area contributed by atoms with Gasteiger partial charge in [0.05, 0.1) is 18.4 Å². The molecular formula is C13H13N3. The van der Waals surface area contributed by atoms with E-state index in [0.717, 1.165) is 18.7 Å². The summed E-state index contributed by atoms with van der Waals surface area (Å²) in [4.78, 5) is 7.59. The molecule has 0 aliphatic heterocycles. The molecule has 0 saturated heterocycles. The molecule has 0 bridgehead atoms. The van der Waals surface area contributed by atoms with E-state index < -0.39 is 0 Å². The molecule has 0 aliphatic rings. The maximum absolute atomic E-state index is 6.73. The van der Waals surface area contributed by atoms with Crippen LogP contribution in [0.4, 0.5) is 0 Å². The SMILES string of the molecule is [C-]#[N+]CCc1cn(Cc2ccccc2)cn1. The molecule has 3 heteroatoms. The fourth-order valence-electron chi connectivity index (χ4n) is 1.59. The van der Waals surface area contributed by atoms with Crippen LogP contribution in [-0.4, -0.2) is 16.1 Å². The third-order valence-corrected chi connectivity index (χ3v) is 2.37. The quantitative estimate of drug-likeness (QED) is 0.712. The van der Waals surface area contributed by atoms with Crippen LogP contribution in [0.5, 0.6) is 0 Å². The molecule has 80 valence electrons. The van der Waals surface area contributed by atoms with Crippen LogP contribution in [0.2, 0.25) is 0 Å². The number of imidazole rings is 1. The van der Waals surface area contributed by atoms with Crippen molar-refractivity contribution in [2.45, 2.75) is 13.0 Å². The summed E-state index contributed by atoms with van der Waals surface area (Å²) in [7, 11) is 0. The Bertz CT molecular complexity index is 479. The second-order valence-corrected chi connectivity index (χ2v) is 3.65. The van der Waals surface area contributed by atoms with Crippen molar-refractivity contribution in [3.8, 4) is 0 Å². The third-order valence-electron chi connectivity index (χ3n) is 2.37. The molecule has 2 rings (SSSR count). The Labute approximate surface area is 95.2 Å². The summed E-state index contributed by atoms with van der Waals surface area (Å²) in [5.41, 5.74) is 2.25. The molecule has 0 spiro atoms. The molecule has 1 aromatic carbocycles. The smallest absolute Gasteiger partial charge is 0.220 e. The van der Waals surface area contributed by atoms with Gasteiger partial charge in [-0.1, -0.05) is 30.3 Å². The van der Waals surface area contributed by atoms with Gasteiger partial charge in [0.2, 0.25) is 6.54 Å². The van der Waals surface area contributed by atoms with E-state index in [4.69, 9.17) is 6.57 Å². The van der Waals surface area contributed by atoms with Gasteiger partial charge >= 0.3 is 0 Å². The maximum Gasteiger partial charge on any atom is 0.220 e. The van der Waals surface area contributed by atoms with E-state index >= 15 is 0 Å². The van der Waals surface area contributed by atoms with Crippen molar-refractivity contribution in [3.63, 3.8) is 0 Å². The largest absolute Gasteiger partial charge is 0.333 e. The van der Waals surface area contributed by atoms with E-state index in [0.29, 0.717) is 6.54 Å². The number of benzene rings is 1. The number of hydrogen-bond donors (Lipinski definition) is 0. The first-order valence-corrected chi connectivity index (χ1v) is 5.26. The highest BCUT2D eigenvalue weighted by Crippen LogP contribution is 2.04. The molecule has 0 atom stereocenters. The molecule has 0 unspecified atom stereocenters. The van der Waals surface area contributed by atoms with Crippen LogP contribution in [0.15, 0.2) is 42.9 Å². The van der Waals surface area contributed by atoms with E-state index in [1.54, 1.807) is 0 Å². The lowest BCUT2D eigenvalue weighted by molar-refractivity contribution is 0.796. The second kappa shape index (κ2) is 5.13. The molecule has 0 fully saturated rings. The lowest BCUT2D eigenvalue weighted by Crippen LogP contribution is -1.95. The minimum absolute atomic E-state index is 0.516. The number of hydrogen-bond acceptors (Lipinski definition) is 1. The van der Waals surface area contributed by atoms with E-state index in [-0.39, 0.29) is 0 Å². The number of nitrogens with zero attached hydrogens (tertiary/aromatic N) is 3. The standard InChI is InChI=1S/C13H13N3/c1-14-8-7-13-10-16(11-15-13)9-12-5-3-2-4-6-12/h2-6,10-11H,7-9H2. The van der Waals surface area contributed by atoms with Crippen LogP contribution in [0, 0.1) is 6.57 Å². The van der Waals surface area contributed by atoms with Crippen molar-refractivity contribution in [1.29, 1.82) is 0 Å². The van der Waals surface area contributed by atoms with Crippen molar-refractivity contribution >= 4 is 0 Å². The summed E-state index contributed by atoms with van der Waals surface area (Å²) in [6.45, 7) is 8.08. The van der Waals surface area contributed by atoms with Gasteiger partial charge in [-0.25, -0.2) is 11.6 Å². The summed E-state index contributed by atoms with van der Waals surface area (Å²) in [6, 6.07) is 10.3. The molecule has 1 aromatic heterocycles. The lowest BCUT2D eigenvalue weighted by Gasteiger charge is -2.00. The predicted octanol–water partition coefficient (Wildman–Crippen LogP) is 2.39. The Balaban J connectivity index is 2.01. The first kappa shape index (κ1) is 10.4. The van der Waals surface area contributed by atoms with Gasteiger partial charge in [0, 0.05) is 12.7 Å². The zero-order valence-corrected chi connectivity index (χ0v) is 9.00.